The Kier molecular flexibility index (Phi) is 4.31. The number of carbonyl (C=O) groups excluding carboxylic acids is 1. The summed E-state index contributed by atoms with van der Waals surface area (Å²) in [5, 5.41) is 0. The summed E-state index contributed by atoms with van der Waals surface area (Å²) in [6.45, 7) is 1.65. The monoisotopic (exact) mass is 293 g/mol. The third kappa shape index (κ3) is 3.42. The van der Waals surface area contributed by atoms with Crippen molar-refractivity contribution in [3.8, 4) is 0 Å². The number of hydrogen-bond acceptors (Lipinski definition) is 1. The molecule has 0 atom stereocenters. The van der Waals surface area contributed by atoms with Crippen LogP contribution in [0.2, 0.25) is 0 Å². The fourth-order valence-electron chi connectivity index (χ4n) is 1.98. The first-order valence-corrected chi connectivity index (χ1v) is 6.34. The van der Waals surface area contributed by atoms with Crippen molar-refractivity contribution in [3.05, 3.63) is 70.5 Å². The van der Waals surface area contributed by atoms with Gasteiger partial charge in [-0.2, -0.15) is 0 Å². The zero-order valence-electron chi connectivity index (χ0n) is 11.7. The van der Waals surface area contributed by atoms with E-state index in [4.69, 9.17) is 0 Å². The molecule has 0 unspecified atom stereocenters. The van der Waals surface area contributed by atoms with Gasteiger partial charge in [0.25, 0.3) is 5.91 Å². The van der Waals surface area contributed by atoms with E-state index in [0.717, 1.165) is 12.1 Å². The number of benzene rings is 2. The number of aryl methyl sites for hydroxylation is 1. The minimum Gasteiger partial charge on any atom is -0.337 e. The molecule has 0 aromatic heterocycles. The minimum absolute atomic E-state index is 0.0712. The first kappa shape index (κ1) is 15.1. The molecule has 110 valence electrons. The van der Waals surface area contributed by atoms with Gasteiger partial charge in [-0.1, -0.05) is 12.1 Å². The summed E-state index contributed by atoms with van der Waals surface area (Å²) in [5.41, 5.74) is 0.793. The van der Waals surface area contributed by atoms with Crippen molar-refractivity contribution in [1.29, 1.82) is 0 Å². The molecule has 21 heavy (non-hydrogen) atoms. The highest BCUT2D eigenvalue weighted by molar-refractivity contribution is 5.94. The van der Waals surface area contributed by atoms with E-state index in [9.17, 15) is 18.0 Å². The molecule has 2 aromatic rings. The highest BCUT2D eigenvalue weighted by atomic mass is 19.1. The summed E-state index contributed by atoms with van der Waals surface area (Å²) in [7, 11) is 1.43. The van der Waals surface area contributed by atoms with E-state index in [0.29, 0.717) is 5.56 Å². The number of hydrogen-bond donors (Lipinski definition) is 0. The number of nitrogens with zero attached hydrogens (tertiary/aromatic N) is 1. The maximum absolute atomic E-state index is 13.8. The third-order valence-electron chi connectivity index (χ3n) is 3.12. The van der Waals surface area contributed by atoms with Crippen LogP contribution in [0.25, 0.3) is 0 Å². The lowest BCUT2D eigenvalue weighted by Crippen LogP contribution is -2.27. The molecule has 0 saturated carbocycles. The van der Waals surface area contributed by atoms with E-state index >= 15 is 0 Å². The molecular weight excluding hydrogens is 279 g/mol. The molecule has 0 saturated heterocycles. The fourth-order valence-corrected chi connectivity index (χ4v) is 1.98. The van der Waals surface area contributed by atoms with Crippen molar-refractivity contribution < 1.29 is 18.0 Å². The average Bonchev–Trinajstić information content (AvgIpc) is 2.41. The Morgan fingerprint density at radius 1 is 1.05 bits per heavy atom. The highest BCUT2D eigenvalue weighted by Gasteiger charge is 2.17. The lowest BCUT2D eigenvalue weighted by Gasteiger charge is -2.18. The summed E-state index contributed by atoms with van der Waals surface area (Å²) >= 11 is 0. The van der Waals surface area contributed by atoms with Crippen LogP contribution < -0.4 is 0 Å². The van der Waals surface area contributed by atoms with Crippen molar-refractivity contribution in [1.82, 2.24) is 4.90 Å². The van der Waals surface area contributed by atoms with Crippen LogP contribution in [0.4, 0.5) is 13.2 Å². The van der Waals surface area contributed by atoms with Crippen LogP contribution in [-0.4, -0.2) is 17.9 Å². The second-order valence-electron chi connectivity index (χ2n) is 4.88. The molecule has 0 heterocycles. The highest BCUT2D eigenvalue weighted by Crippen LogP contribution is 2.16. The topological polar surface area (TPSA) is 20.3 Å². The third-order valence-corrected chi connectivity index (χ3v) is 3.12. The Morgan fingerprint density at radius 3 is 2.38 bits per heavy atom. The molecule has 0 fully saturated rings. The number of rotatable bonds is 3. The van der Waals surface area contributed by atoms with Gasteiger partial charge in [0, 0.05) is 25.2 Å². The fraction of sp³-hybridized carbons (Fsp3) is 0.188. The van der Waals surface area contributed by atoms with Crippen LogP contribution in [0.3, 0.4) is 0 Å². The number of amides is 1. The predicted octanol–water partition coefficient (Wildman–Crippen LogP) is 3.68. The molecule has 1 amide bonds. The summed E-state index contributed by atoms with van der Waals surface area (Å²) in [4.78, 5) is 13.3. The van der Waals surface area contributed by atoms with Crippen molar-refractivity contribution in [3.63, 3.8) is 0 Å². The van der Waals surface area contributed by atoms with E-state index in [2.05, 4.69) is 0 Å². The molecule has 0 N–H and O–H groups in total. The van der Waals surface area contributed by atoms with E-state index in [-0.39, 0.29) is 17.7 Å². The van der Waals surface area contributed by atoms with Crippen molar-refractivity contribution >= 4 is 5.91 Å². The lowest BCUT2D eigenvalue weighted by molar-refractivity contribution is 0.0779. The Bertz CT molecular complexity index is 685. The molecule has 2 aromatic carbocycles. The summed E-state index contributed by atoms with van der Waals surface area (Å²) in [6, 6.07) is 7.41. The van der Waals surface area contributed by atoms with Gasteiger partial charge in [-0.3, -0.25) is 4.79 Å². The van der Waals surface area contributed by atoms with Gasteiger partial charge in [0.15, 0.2) is 0 Å². The van der Waals surface area contributed by atoms with Crippen LogP contribution in [0.1, 0.15) is 21.5 Å². The Hall–Kier alpha value is -2.30. The Balaban J connectivity index is 2.19. The molecule has 2 nitrogen and oxygen atoms in total. The summed E-state index contributed by atoms with van der Waals surface area (Å²) in [6.07, 6.45) is 0. The SMILES string of the molecule is Cc1ccc(C(=O)N(C)Cc2ccc(F)cc2F)c(F)c1. The first-order chi connectivity index (χ1) is 9.88. The molecule has 0 radical (unpaired) electrons. The van der Waals surface area contributed by atoms with Crippen molar-refractivity contribution in [2.75, 3.05) is 7.05 Å². The number of carbonyl (C=O) groups is 1. The predicted molar refractivity (Wildman–Crippen MR) is 73.3 cm³/mol. The minimum atomic E-state index is -0.737. The zero-order chi connectivity index (χ0) is 15.6. The van der Waals surface area contributed by atoms with Gasteiger partial charge in [0.05, 0.1) is 5.56 Å². The van der Waals surface area contributed by atoms with Crippen molar-refractivity contribution in [2.45, 2.75) is 13.5 Å². The molecule has 5 heteroatoms. The second-order valence-corrected chi connectivity index (χ2v) is 4.88. The number of halogens is 3. The first-order valence-electron chi connectivity index (χ1n) is 6.34. The maximum Gasteiger partial charge on any atom is 0.256 e. The van der Waals surface area contributed by atoms with Crippen LogP contribution >= 0.6 is 0 Å². The van der Waals surface area contributed by atoms with Gasteiger partial charge in [-0.05, 0) is 30.7 Å². The molecule has 0 aliphatic heterocycles. The van der Waals surface area contributed by atoms with Gasteiger partial charge in [0.1, 0.15) is 17.5 Å². The largest absolute Gasteiger partial charge is 0.337 e. The summed E-state index contributed by atoms with van der Waals surface area (Å²) < 4.78 is 40.1. The summed E-state index contributed by atoms with van der Waals surface area (Å²) in [5.74, 6) is -2.60. The lowest BCUT2D eigenvalue weighted by atomic mass is 10.1. The molecule has 2 rings (SSSR count). The molecular formula is C16H14F3NO. The smallest absolute Gasteiger partial charge is 0.256 e. The van der Waals surface area contributed by atoms with Crippen LogP contribution in [0.5, 0.6) is 0 Å². The van der Waals surface area contributed by atoms with Gasteiger partial charge in [-0.15, -0.1) is 0 Å². The molecule has 0 spiro atoms. The molecule has 0 bridgehead atoms. The quantitative estimate of drug-likeness (QED) is 0.845. The standard InChI is InChI=1S/C16H14F3NO/c1-10-3-6-13(15(19)7-10)16(21)20(2)9-11-4-5-12(17)8-14(11)18/h3-8H,9H2,1-2H3. The Morgan fingerprint density at radius 2 is 1.76 bits per heavy atom. The zero-order valence-corrected chi connectivity index (χ0v) is 11.7. The van der Waals surface area contributed by atoms with Gasteiger partial charge in [-0.25, -0.2) is 13.2 Å². The normalized spacial score (nSPS) is 10.5. The van der Waals surface area contributed by atoms with Gasteiger partial charge in [0.2, 0.25) is 0 Å². The second kappa shape index (κ2) is 5.99. The molecule has 0 aliphatic carbocycles. The van der Waals surface area contributed by atoms with E-state index in [1.165, 1.54) is 30.1 Å². The van der Waals surface area contributed by atoms with E-state index < -0.39 is 23.4 Å². The van der Waals surface area contributed by atoms with Crippen molar-refractivity contribution in [2.24, 2.45) is 0 Å². The van der Waals surface area contributed by atoms with Gasteiger partial charge >= 0.3 is 0 Å². The van der Waals surface area contributed by atoms with Gasteiger partial charge < -0.3 is 4.90 Å². The van der Waals surface area contributed by atoms with Crippen LogP contribution in [0.15, 0.2) is 36.4 Å². The van der Waals surface area contributed by atoms with Crippen LogP contribution in [0, 0.1) is 24.4 Å². The van der Waals surface area contributed by atoms with Crippen LogP contribution in [-0.2, 0) is 6.54 Å². The average molecular weight is 293 g/mol. The van der Waals surface area contributed by atoms with E-state index in [1.54, 1.807) is 13.0 Å². The van der Waals surface area contributed by atoms with E-state index in [1.807, 2.05) is 0 Å². The Labute approximate surface area is 120 Å². The maximum atomic E-state index is 13.8. The molecule has 0 aliphatic rings.